The molecule has 3 rings (SSSR count). The first-order chi connectivity index (χ1) is 10.3. The molecule has 0 fully saturated rings. The van der Waals surface area contributed by atoms with Gasteiger partial charge in [-0.05, 0) is 30.9 Å². The molecule has 2 aromatic rings. The summed E-state index contributed by atoms with van der Waals surface area (Å²) in [5.74, 6) is 0.524. The maximum Gasteiger partial charge on any atom is 0.220 e. The monoisotopic (exact) mass is 281 g/mol. The van der Waals surface area contributed by atoms with Crippen molar-refractivity contribution < 1.29 is 4.79 Å². The third kappa shape index (κ3) is 3.60. The summed E-state index contributed by atoms with van der Waals surface area (Å²) in [7, 11) is 0. The molecule has 1 heterocycles. The minimum Gasteiger partial charge on any atom is -0.352 e. The Morgan fingerprint density at radius 3 is 2.95 bits per heavy atom. The van der Waals surface area contributed by atoms with Gasteiger partial charge in [-0.3, -0.25) is 4.79 Å². The van der Waals surface area contributed by atoms with Crippen LogP contribution < -0.4 is 5.32 Å². The fourth-order valence-electron chi connectivity index (χ4n) is 2.55. The van der Waals surface area contributed by atoms with Crippen LogP contribution in [0.1, 0.15) is 24.8 Å². The van der Waals surface area contributed by atoms with Crippen molar-refractivity contribution in [3.8, 4) is 5.69 Å². The van der Waals surface area contributed by atoms with Gasteiger partial charge >= 0.3 is 0 Å². The molecule has 0 spiro atoms. The van der Waals surface area contributed by atoms with Crippen LogP contribution in [0.25, 0.3) is 5.69 Å². The lowest BCUT2D eigenvalue weighted by Crippen LogP contribution is -2.24. The first kappa shape index (κ1) is 13.6. The average Bonchev–Trinajstić information content (AvgIpc) is 3.17. The maximum atomic E-state index is 11.9. The molecular formula is C17H19N3O. The summed E-state index contributed by atoms with van der Waals surface area (Å²) in [6, 6.07) is 9.94. The van der Waals surface area contributed by atoms with Crippen LogP contribution in [0.15, 0.2) is 54.9 Å². The maximum absolute atomic E-state index is 11.9. The third-order valence-electron chi connectivity index (χ3n) is 3.71. The second-order valence-corrected chi connectivity index (χ2v) is 5.38. The van der Waals surface area contributed by atoms with Gasteiger partial charge in [0.05, 0.1) is 11.9 Å². The molecule has 0 bridgehead atoms. The lowest BCUT2D eigenvalue weighted by molar-refractivity contribution is -0.121. The first-order valence-electron chi connectivity index (χ1n) is 7.33. The van der Waals surface area contributed by atoms with Gasteiger partial charge in [0.25, 0.3) is 0 Å². The Labute approximate surface area is 124 Å². The Hall–Kier alpha value is -2.36. The predicted octanol–water partition coefficient (Wildman–Crippen LogP) is 2.84. The summed E-state index contributed by atoms with van der Waals surface area (Å²) < 4.78 is 1.82. The molecule has 108 valence electrons. The van der Waals surface area contributed by atoms with Crippen molar-refractivity contribution in [1.82, 2.24) is 15.1 Å². The van der Waals surface area contributed by atoms with Crippen LogP contribution in [0.4, 0.5) is 0 Å². The quantitative estimate of drug-likeness (QED) is 0.857. The van der Waals surface area contributed by atoms with Crippen molar-refractivity contribution in [2.45, 2.75) is 25.8 Å². The van der Waals surface area contributed by atoms with Crippen molar-refractivity contribution >= 4 is 5.91 Å². The second kappa shape index (κ2) is 6.39. The van der Waals surface area contributed by atoms with Crippen molar-refractivity contribution in [3.63, 3.8) is 0 Å². The van der Waals surface area contributed by atoms with E-state index in [9.17, 15) is 4.79 Å². The second-order valence-electron chi connectivity index (χ2n) is 5.38. The molecule has 4 heteroatoms. The molecule has 1 atom stereocenters. The fourth-order valence-corrected chi connectivity index (χ4v) is 2.55. The molecule has 0 unspecified atom stereocenters. The highest BCUT2D eigenvalue weighted by Gasteiger charge is 2.13. The standard InChI is InChI=1S/C17H19N3O/c21-17(10-14-6-4-5-7-14)18-11-15-12-19-20(13-15)16-8-2-1-3-9-16/h1-4,6,8-9,12-14H,5,7,10-11H2,(H,18,21)/t14-/m1/s1. The summed E-state index contributed by atoms with van der Waals surface area (Å²) in [4.78, 5) is 11.9. The zero-order chi connectivity index (χ0) is 14.5. The molecule has 0 aliphatic heterocycles. The first-order valence-corrected chi connectivity index (χ1v) is 7.33. The number of amides is 1. The van der Waals surface area contributed by atoms with E-state index in [2.05, 4.69) is 22.6 Å². The number of benzene rings is 1. The molecule has 4 nitrogen and oxygen atoms in total. The number of nitrogens with zero attached hydrogens (tertiary/aromatic N) is 2. The Morgan fingerprint density at radius 2 is 2.19 bits per heavy atom. The van der Waals surface area contributed by atoms with Crippen LogP contribution in [-0.2, 0) is 11.3 Å². The number of carbonyl (C=O) groups excluding carboxylic acids is 1. The Morgan fingerprint density at radius 1 is 1.33 bits per heavy atom. The number of hydrogen-bond acceptors (Lipinski definition) is 2. The van der Waals surface area contributed by atoms with Crippen LogP contribution >= 0.6 is 0 Å². The van der Waals surface area contributed by atoms with Crippen LogP contribution in [0.2, 0.25) is 0 Å². The number of para-hydroxylation sites is 1. The molecular weight excluding hydrogens is 262 g/mol. The largest absolute Gasteiger partial charge is 0.352 e. The van der Waals surface area contributed by atoms with E-state index in [4.69, 9.17) is 0 Å². The number of carbonyl (C=O) groups is 1. The summed E-state index contributed by atoms with van der Waals surface area (Å²) >= 11 is 0. The summed E-state index contributed by atoms with van der Waals surface area (Å²) in [6.07, 6.45) is 10.8. The molecule has 1 aromatic carbocycles. The van der Waals surface area contributed by atoms with Crippen molar-refractivity contribution in [2.75, 3.05) is 0 Å². The predicted molar refractivity (Wildman–Crippen MR) is 81.9 cm³/mol. The van der Waals surface area contributed by atoms with E-state index in [-0.39, 0.29) is 5.91 Å². The lowest BCUT2D eigenvalue weighted by Gasteiger charge is -2.07. The molecule has 1 amide bonds. The molecule has 0 saturated heterocycles. The number of hydrogen-bond donors (Lipinski definition) is 1. The number of rotatable bonds is 5. The zero-order valence-corrected chi connectivity index (χ0v) is 11.9. The van der Waals surface area contributed by atoms with Gasteiger partial charge in [0.1, 0.15) is 0 Å². The van der Waals surface area contributed by atoms with Crippen molar-refractivity contribution in [3.05, 3.63) is 60.4 Å². The number of allylic oxidation sites excluding steroid dienone is 2. The van der Waals surface area contributed by atoms with Crippen LogP contribution in [-0.4, -0.2) is 15.7 Å². The van der Waals surface area contributed by atoms with E-state index in [0.717, 1.165) is 24.1 Å². The highest BCUT2D eigenvalue weighted by Crippen LogP contribution is 2.20. The Kier molecular flexibility index (Phi) is 4.15. The van der Waals surface area contributed by atoms with E-state index >= 15 is 0 Å². The van der Waals surface area contributed by atoms with E-state index < -0.39 is 0 Å². The van der Waals surface area contributed by atoms with E-state index in [1.54, 1.807) is 6.20 Å². The lowest BCUT2D eigenvalue weighted by atomic mass is 10.1. The molecule has 0 saturated carbocycles. The van der Waals surface area contributed by atoms with Gasteiger partial charge in [-0.25, -0.2) is 4.68 Å². The highest BCUT2D eigenvalue weighted by molar-refractivity contribution is 5.76. The molecule has 1 aliphatic carbocycles. The van der Waals surface area contributed by atoms with Gasteiger partial charge < -0.3 is 5.32 Å². The number of nitrogens with one attached hydrogen (secondary N) is 1. The van der Waals surface area contributed by atoms with Gasteiger partial charge in [0.15, 0.2) is 0 Å². The SMILES string of the molecule is O=C(C[C@@H]1C=CCC1)NCc1cnn(-c2ccccc2)c1. The van der Waals surface area contributed by atoms with Gasteiger partial charge in [0, 0.05) is 24.7 Å². The topological polar surface area (TPSA) is 46.9 Å². The van der Waals surface area contributed by atoms with E-state index in [1.165, 1.54) is 0 Å². The molecule has 21 heavy (non-hydrogen) atoms. The third-order valence-corrected chi connectivity index (χ3v) is 3.71. The van der Waals surface area contributed by atoms with Crippen LogP contribution in [0.3, 0.4) is 0 Å². The van der Waals surface area contributed by atoms with Gasteiger partial charge in [-0.1, -0.05) is 30.4 Å². The minimum atomic E-state index is 0.110. The van der Waals surface area contributed by atoms with Crippen molar-refractivity contribution in [2.24, 2.45) is 5.92 Å². The van der Waals surface area contributed by atoms with Crippen molar-refractivity contribution in [1.29, 1.82) is 0 Å². The van der Waals surface area contributed by atoms with E-state index in [1.807, 2.05) is 41.2 Å². The Balaban J connectivity index is 1.53. The molecule has 0 radical (unpaired) electrons. The molecule has 1 aromatic heterocycles. The minimum absolute atomic E-state index is 0.110. The normalized spacial score (nSPS) is 17.0. The number of aromatic nitrogens is 2. The van der Waals surface area contributed by atoms with Gasteiger partial charge in [-0.2, -0.15) is 5.10 Å². The van der Waals surface area contributed by atoms with Crippen LogP contribution in [0.5, 0.6) is 0 Å². The van der Waals surface area contributed by atoms with Crippen LogP contribution in [0, 0.1) is 5.92 Å². The zero-order valence-electron chi connectivity index (χ0n) is 11.9. The fraction of sp³-hybridized carbons (Fsp3) is 0.294. The summed E-state index contributed by atoms with van der Waals surface area (Å²) in [5.41, 5.74) is 2.03. The molecule has 1 aliphatic rings. The summed E-state index contributed by atoms with van der Waals surface area (Å²) in [6.45, 7) is 0.530. The average molecular weight is 281 g/mol. The van der Waals surface area contributed by atoms with E-state index in [0.29, 0.717) is 18.9 Å². The highest BCUT2D eigenvalue weighted by atomic mass is 16.1. The smallest absolute Gasteiger partial charge is 0.220 e. The molecule has 1 N–H and O–H groups in total. The summed E-state index contributed by atoms with van der Waals surface area (Å²) in [5, 5.41) is 7.29. The Bertz CT molecular complexity index is 630. The van der Waals surface area contributed by atoms with Gasteiger partial charge in [-0.15, -0.1) is 0 Å². The van der Waals surface area contributed by atoms with Gasteiger partial charge in [0.2, 0.25) is 5.91 Å².